The van der Waals surface area contributed by atoms with Crippen LogP contribution in [0.4, 0.5) is 4.39 Å². The molecule has 1 atom stereocenters. The lowest BCUT2D eigenvalue weighted by Crippen LogP contribution is -2.44. The second-order valence-electron chi connectivity index (χ2n) is 9.76. The van der Waals surface area contributed by atoms with E-state index in [0.29, 0.717) is 36.1 Å². The molecule has 1 aromatic heterocycles. The van der Waals surface area contributed by atoms with Gasteiger partial charge in [-0.25, -0.2) is 4.39 Å². The number of benzene rings is 2. The van der Waals surface area contributed by atoms with Gasteiger partial charge in [-0.05, 0) is 100.0 Å². The maximum Gasteiger partial charge on any atom is 0.309 e. The van der Waals surface area contributed by atoms with E-state index in [0.717, 1.165) is 43.4 Å². The highest BCUT2D eigenvalue weighted by Gasteiger charge is 2.41. The van der Waals surface area contributed by atoms with Crippen LogP contribution in [-0.2, 0) is 11.2 Å². The number of carbonyl (C=O) groups is 1. The second-order valence-corrected chi connectivity index (χ2v) is 9.76. The number of piperidine rings is 1. The first-order chi connectivity index (χ1) is 16.9. The molecular weight excluding hydrogens is 443 g/mol. The smallest absolute Gasteiger partial charge is 0.309 e. The van der Waals surface area contributed by atoms with Gasteiger partial charge in [0, 0.05) is 11.6 Å². The van der Waals surface area contributed by atoms with Crippen molar-refractivity contribution in [2.75, 3.05) is 26.7 Å². The van der Waals surface area contributed by atoms with Crippen LogP contribution >= 0.6 is 0 Å². The highest BCUT2D eigenvalue weighted by molar-refractivity contribution is 5.85. The Kier molecular flexibility index (Phi) is 8.01. The summed E-state index contributed by atoms with van der Waals surface area (Å²) in [5.74, 6) is -0.147. The number of likely N-dealkylation sites (tertiary alicyclic amines) is 1. The van der Waals surface area contributed by atoms with E-state index in [-0.39, 0.29) is 6.42 Å². The van der Waals surface area contributed by atoms with Crippen molar-refractivity contribution in [1.82, 2.24) is 9.88 Å². The number of hydrogen-bond donors (Lipinski definition) is 1. The van der Waals surface area contributed by atoms with Crippen LogP contribution in [0.5, 0.6) is 5.75 Å². The predicted octanol–water partition coefficient (Wildman–Crippen LogP) is 6.14. The van der Waals surface area contributed by atoms with Gasteiger partial charge in [-0.15, -0.1) is 0 Å². The van der Waals surface area contributed by atoms with Gasteiger partial charge in [-0.2, -0.15) is 0 Å². The van der Waals surface area contributed by atoms with E-state index in [1.165, 1.54) is 5.56 Å². The molecule has 2 heterocycles. The molecule has 3 aromatic rings. The summed E-state index contributed by atoms with van der Waals surface area (Å²) in [6, 6.07) is 15.9. The first-order valence-corrected chi connectivity index (χ1v) is 12.5. The number of carboxylic acid groups (broad SMARTS) is 1. The third-order valence-electron chi connectivity index (χ3n) is 7.56. The highest BCUT2D eigenvalue weighted by Crippen LogP contribution is 2.41. The van der Waals surface area contributed by atoms with Gasteiger partial charge in [0.2, 0.25) is 0 Å². The maximum atomic E-state index is 15.7. The van der Waals surface area contributed by atoms with Crippen LogP contribution in [0.15, 0.2) is 54.7 Å². The molecule has 0 aliphatic carbocycles. The van der Waals surface area contributed by atoms with E-state index < -0.39 is 17.6 Å². The fourth-order valence-corrected chi connectivity index (χ4v) is 5.31. The summed E-state index contributed by atoms with van der Waals surface area (Å²) in [4.78, 5) is 19.1. The zero-order chi connectivity index (χ0) is 24.8. The fourth-order valence-electron chi connectivity index (χ4n) is 5.31. The molecule has 1 saturated heterocycles. The first-order valence-electron chi connectivity index (χ1n) is 12.5. The first kappa shape index (κ1) is 25.1. The molecule has 1 aliphatic rings. The number of hydrogen-bond acceptors (Lipinski definition) is 4. The Labute approximate surface area is 206 Å². The van der Waals surface area contributed by atoms with Gasteiger partial charge >= 0.3 is 5.97 Å². The number of ether oxygens (including phenoxy) is 1. The maximum absolute atomic E-state index is 15.7. The molecular formula is C29H35FN2O3. The summed E-state index contributed by atoms with van der Waals surface area (Å²) in [7, 11) is 1.58. The number of nitrogens with zero attached hydrogens (tertiary/aromatic N) is 2. The molecule has 35 heavy (non-hydrogen) atoms. The van der Waals surface area contributed by atoms with Crippen LogP contribution in [-0.4, -0.2) is 47.7 Å². The summed E-state index contributed by atoms with van der Waals surface area (Å²) in [5, 5.41) is 10.8. The molecule has 0 amide bonds. The van der Waals surface area contributed by atoms with Crippen LogP contribution in [0.25, 0.3) is 10.9 Å². The molecule has 1 fully saturated rings. The van der Waals surface area contributed by atoms with E-state index in [1.807, 2.05) is 31.2 Å². The van der Waals surface area contributed by atoms with Crippen LogP contribution < -0.4 is 4.74 Å². The van der Waals surface area contributed by atoms with Crippen molar-refractivity contribution < 1.29 is 19.0 Å². The minimum atomic E-state index is -1.26. The van der Waals surface area contributed by atoms with Crippen molar-refractivity contribution >= 4 is 16.9 Å². The lowest BCUT2D eigenvalue weighted by Gasteiger charge is -2.39. The van der Waals surface area contributed by atoms with Crippen molar-refractivity contribution in [2.24, 2.45) is 5.41 Å². The predicted molar refractivity (Wildman–Crippen MR) is 137 cm³/mol. The van der Waals surface area contributed by atoms with Gasteiger partial charge in [-0.1, -0.05) is 30.3 Å². The molecule has 0 bridgehead atoms. The molecule has 4 rings (SSSR count). The minimum absolute atomic E-state index is 0.178. The minimum Gasteiger partial charge on any atom is -0.497 e. The number of carboxylic acids is 1. The van der Waals surface area contributed by atoms with Crippen molar-refractivity contribution in [1.29, 1.82) is 0 Å². The Morgan fingerprint density at radius 2 is 1.94 bits per heavy atom. The quantitative estimate of drug-likeness (QED) is 0.379. The van der Waals surface area contributed by atoms with E-state index >= 15 is 4.39 Å². The van der Waals surface area contributed by atoms with E-state index in [9.17, 15) is 9.90 Å². The van der Waals surface area contributed by atoms with Crippen LogP contribution in [0.1, 0.15) is 55.0 Å². The lowest BCUT2D eigenvalue weighted by atomic mass is 9.74. The van der Waals surface area contributed by atoms with Crippen LogP contribution in [0.3, 0.4) is 0 Å². The molecule has 186 valence electrons. The van der Waals surface area contributed by atoms with Crippen LogP contribution in [0.2, 0.25) is 0 Å². The van der Waals surface area contributed by atoms with Gasteiger partial charge in [0.1, 0.15) is 11.9 Å². The molecule has 0 radical (unpaired) electrons. The molecule has 2 aromatic carbocycles. The van der Waals surface area contributed by atoms with Crippen molar-refractivity contribution in [3.05, 3.63) is 71.4 Å². The third-order valence-corrected chi connectivity index (χ3v) is 7.56. The molecule has 0 unspecified atom stereocenters. The highest BCUT2D eigenvalue weighted by atomic mass is 19.1. The molecule has 0 spiro atoms. The van der Waals surface area contributed by atoms with E-state index in [2.05, 4.69) is 34.1 Å². The van der Waals surface area contributed by atoms with Crippen LogP contribution in [0, 0.1) is 12.3 Å². The van der Waals surface area contributed by atoms with Crippen molar-refractivity contribution in [3.63, 3.8) is 0 Å². The zero-order valence-corrected chi connectivity index (χ0v) is 20.7. The van der Waals surface area contributed by atoms with Crippen molar-refractivity contribution in [3.8, 4) is 5.75 Å². The van der Waals surface area contributed by atoms with E-state index in [4.69, 9.17) is 4.74 Å². The number of alkyl halides is 1. The number of halogens is 1. The molecule has 0 saturated carbocycles. The normalized spacial score (nSPS) is 16.8. The third kappa shape index (κ3) is 5.81. The molecule has 1 N–H and O–H groups in total. The van der Waals surface area contributed by atoms with Gasteiger partial charge in [0.15, 0.2) is 0 Å². The fraction of sp³-hybridized carbons (Fsp3) is 0.448. The van der Waals surface area contributed by atoms with Gasteiger partial charge in [0.25, 0.3) is 0 Å². The number of rotatable bonds is 10. The second kappa shape index (κ2) is 11.2. The summed E-state index contributed by atoms with van der Waals surface area (Å²) >= 11 is 0. The molecule has 6 heteroatoms. The number of pyridine rings is 1. The van der Waals surface area contributed by atoms with Gasteiger partial charge in [0.05, 0.1) is 18.0 Å². The SMILES string of the molecule is COc1ccc2ncc(C)c([C@@H](F)CCC3(C(=O)O)CCN(CCCc4ccccc4)CC3)c2c1. The van der Waals surface area contributed by atoms with Gasteiger partial charge in [-0.3, -0.25) is 9.78 Å². The Balaban J connectivity index is 1.38. The summed E-state index contributed by atoms with van der Waals surface area (Å²) in [5.41, 5.74) is 2.54. The average molecular weight is 479 g/mol. The number of aliphatic carboxylic acids is 1. The van der Waals surface area contributed by atoms with E-state index in [1.54, 1.807) is 13.3 Å². The van der Waals surface area contributed by atoms with Crippen molar-refractivity contribution in [2.45, 2.75) is 51.6 Å². The largest absolute Gasteiger partial charge is 0.497 e. The Morgan fingerprint density at radius 1 is 1.20 bits per heavy atom. The number of methoxy groups -OCH3 is 1. The standard InChI is InChI=1S/C29H35FN2O3/c1-21-20-31-26-11-10-23(35-2)19-24(26)27(21)25(30)12-13-29(28(33)34)14-17-32(18-15-29)16-6-9-22-7-4-3-5-8-22/h3-5,7-8,10-11,19-20,25H,6,9,12-18H2,1-2H3,(H,33,34)/t25-/m0/s1. The summed E-state index contributed by atoms with van der Waals surface area (Å²) < 4.78 is 21.0. The Hall–Kier alpha value is -2.99. The summed E-state index contributed by atoms with van der Waals surface area (Å²) in [6.07, 6.45) is 4.13. The molecule has 5 nitrogen and oxygen atoms in total. The number of aromatic nitrogens is 1. The van der Waals surface area contributed by atoms with Gasteiger partial charge < -0.3 is 14.7 Å². The average Bonchev–Trinajstić information content (AvgIpc) is 2.88. The Morgan fingerprint density at radius 3 is 2.63 bits per heavy atom. The number of aryl methyl sites for hydroxylation is 2. The zero-order valence-electron chi connectivity index (χ0n) is 20.7. The topological polar surface area (TPSA) is 62.7 Å². The summed E-state index contributed by atoms with van der Waals surface area (Å²) in [6.45, 7) is 4.30. The molecule has 1 aliphatic heterocycles. The monoisotopic (exact) mass is 478 g/mol. The Bertz CT molecular complexity index is 1140. The number of fused-ring (bicyclic) bond motifs is 1. The lowest BCUT2D eigenvalue weighted by molar-refractivity contribution is -0.153.